The molecule has 2 N–H and O–H groups in total. The third-order valence-corrected chi connectivity index (χ3v) is 3.05. The summed E-state index contributed by atoms with van der Waals surface area (Å²) >= 11 is 0. The third kappa shape index (κ3) is 4.84. The van der Waals surface area contributed by atoms with Crippen LogP contribution in [-0.4, -0.2) is 23.8 Å². The zero-order valence-electron chi connectivity index (χ0n) is 13.0. The van der Waals surface area contributed by atoms with Gasteiger partial charge in [0, 0.05) is 12.1 Å². The second kappa shape index (κ2) is 6.40. The molecule has 19 heavy (non-hydrogen) atoms. The highest BCUT2D eigenvalue weighted by Crippen LogP contribution is 2.26. The minimum absolute atomic E-state index is 0.00912. The van der Waals surface area contributed by atoms with Crippen molar-refractivity contribution in [1.29, 1.82) is 0 Å². The number of hydrogen-bond acceptors (Lipinski definition) is 3. The first-order valence-corrected chi connectivity index (χ1v) is 6.91. The number of nitrogens with one attached hydrogen (secondary N) is 1. The summed E-state index contributed by atoms with van der Waals surface area (Å²) in [6, 6.07) is 4.03. The molecule has 1 unspecified atom stereocenters. The molecule has 0 saturated carbocycles. The van der Waals surface area contributed by atoms with Gasteiger partial charge in [-0.2, -0.15) is 0 Å². The van der Waals surface area contributed by atoms with Gasteiger partial charge < -0.3 is 15.2 Å². The molecule has 0 heterocycles. The molecule has 3 nitrogen and oxygen atoms in total. The molecule has 0 aromatic heterocycles. The van der Waals surface area contributed by atoms with Gasteiger partial charge in [-0.15, -0.1) is 0 Å². The zero-order valence-corrected chi connectivity index (χ0v) is 13.0. The van der Waals surface area contributed by atoms with Crippen LogP contribution in [0.5, 0.6) is 5.75 Å². The Balaban J connectivity index is 2.86. The lowest BCUT2D eigenvalue weighted by Gasteiger charge is -2.24. The van der Waals surface area contributed by atoms with Gasteiger partial charge in [-0.1, -0.05) is 0 Å². The molecule has 0 radical (unpaired) electrons. The van der Waals surface area contributed by atoms with Gasteiger partial charge in [-0.05, 0) is 70.4 Å². The first-order valence-electron chi connectivity index (χ1n) is 6.91. The van der Waals surface area contributed by atoms with Crippen LogP contribution < -0.4 is 10.1 Å². The lowest BCUT2D eigenvalue weighted by Crippen LogP contribution is -2.38. The van der Waals surface area contributed by atoms with Crippen LogP contribution in [0, 0.1) is 13.8 Å². The molecule has 0 aliphatic rings. The van der Waals surface area contributed by atoms with Crippen LogP contribution >= 0.6 is 0 Å². The SMILES string of the molecule is CCOc1cc(C)c(C(O)CNC(C)(C)C)cc1C. The van der Waals surface area contributed by atoms with E-state index in [-0.39, 0.29) is 5.54 Å². The van der Waals surface area contributed by atoms with E-state index in [9.17, 15) is 5.11 Å². The first kappa shape index (κ1) is 16.0. The maximum Gasteiger partial charge on any atom is 0.122 e. The summed E-state index contributed by atoms with van der Waals surface area (Å²) in [7, 11) is 0. The minimum Gasteiger partial charge on any atom is -0.494 e. The van der Waals surface area contributed by atoms with E-state index in [1.165, 1.54) is 0 Å². The minimum atomic E-state index is -0.492. The summed E-state index contributed by atoms with van der Waals surface area (Å²) in [5.74, 6) is 0.903. The van der Waals surface area contributed by atoms with Crippen molar-refractivity contribution in [3.8, 4) is 5.75 Å². The molecule has 0 amide bonds. The van der Waals surface area contributed by atoms with E-state index in [1.54, 1.807) is 0 Å². The number of hydrogen-bond donors (Lipinski definition) is 2. The molecule has 0 aliphatic heterocycles. The van der Waals surface area contributed by atoms with Crippen LogP contribution in [0.15, 0.2) is 12.1 Å². The second-order valence-corrected chi connectivity index (χ2v) is 6.05. The van der Waals surface area contributed by atoms with Crippen LogP contribution in [0.25, 0.3) is 0 Å². The number of benzene rings is 1. The van der Waals surface area contributed by atoms with Gasteiger partial charge in [0.2, 0.25) is 0 Å². The first-order chi connectivity index (χ1) is 8.74. The Labute approximate surface area is 117 Å². The fraction of sp³-hybridized carbons (Fsp3) is 0.625. The van der Waals surface area contributed by atoms with Crippen LogP contribution in [0.3, 0.4) is 0 Å². The number of ether oxygens (including phenoxy) is 1. The summed E-state index contributed by atoms with van der Waals surface area (Å²) in [5.41, 5.74) is 3.11. The van der Waals surface area contributed by atoms with E-state index in [1.807, 2.05) is 32.9 Å². The predicted molar refractivity (Wildman–Crippen MR) is 79.8 cm³/mol. The molecule has 0 fully saturated rings. The summed E-state index contributed by atoms with van der Waals surface area (Å²) in [6.45, 7) is 13.5. The van der Waals surface area contributed by atoms with Crippen molar-refractivity contribution in [2.75, 3.05) is 13.2 Å². The molecular formula is C16H27NO2. The van der Waals surface area contributed by atoms with Crippen molar-refractivity contribution in [3.05, 3.63) is 28.8 Å². The Hall–Kier alpha value is -1.06. The highest BCUT2D eigenvalue weighted by molar-refractivity contribution is 5.42. The molecule has 1 rings (SSSR count). The number of aliphatic hydroxyl groups is 1. The molecule has 1 atom stereocenters. The van der Waals surface area contributed by atoms with Gasteiger partial charge in [-0.3, -0.25) is 0 Å². The molecule has 3 heteroatoms. The Morgan fingerprint density at radius 2 is 1.84 bits per heavy atom. The predicted octanol–water partition coefficient (Wildman–Crippen LogP) is 3.12. The molecule has 1 aromatic carbocycles. The Morgan fingerprint density at radius 1 is 1.21 bits per heavy atom. The Kier molecular flexibility index (Phi) is 5.39. The van der Waals surface area contributed by atoms with E-state index in [0.29, 0.717) is 13.2 Å². The van der Waals surface area contributed by atoms with E-state index < -0.39 is 6.10 Å². The van der Waals surface area contributed by atoms with Gasteiger partial charge in [0.25, 0.3) is 0 Å². The van der Waals surface area contributed by atoms with E-state index >= 15 is 0 Å². The van der Waals surface area contributed by atoms with Crippen LogP contribution in [0.4, 0.5) is 0 Å². The maximum atomic E-state index is 10.3. The third-order valence-electron chi connectivity index (χ3n) is 3.05. The van der Waals surface area contributed by atoms with Gasteiger partial charge in [0.1, 0.15) is 5.75 Å². The fourth-order valence-corrected chi connectivity index (χ4v) is 1.99. The molecule has 0 saturated heterocycles. The average molecular weight is 265 g/mol. The highest BCUT2D eigenvalue weighted by Gasteiger charge is 2.16. The summed E-state index contributed by atoms with van der Waals surface area (Å²) in [6.07, 6.45) is -0.492. The van der Waals surface area contributed by atoms with Gasteiger partial charge in [0.15, 0.2) is 0 Å². The quantitative estimate of drug-likeness (QED) is 0.859. The molecule has 108 valence electrons. The van der Waals surface area contributed by atoms with Crippen molar-refractivity contribution in [2.45, 2.75) is 53.2 Å². The van der Waals surface area contributed by atoms with E-state index in [2.05, 4.69) is 26.1 Å². The maximum absolute atomic E-state index is 10.3. The molecular weight excluding hydrogens is 238 g/mol. The van der Waals surface area contributed by atoms with Crippen LogP contribution in [0.2, 0.25) is 0 Å². The summed E-state index contributed by atoms with van der Waals surface area (Å²) < 4.78 is 5.57. The van der Waals surface area contributed by atoms with Gasteiger partial charge in [0.05, 0.1) is 12.7 Å². The van der Waals surface area contributed by atoms with Crippen LogP contribution in [0.1, 0.15) is 50.5 Å². The van der Waals surface area contributed by atoms with E-state index in [0.717, 1.165) is 22.4 Å². The lowest BCUT2D eigenvalue weighted by atomic mass is 9.99. The summed E-state index contributed by atoms with van der Waals surface area (Å²) in [5, 5.41) is 13.6. The molecule has 0 spiro atoms. The molecule has 0 aliphatic carbocycles. The van der Waals surface area contributed by atoms with Crippen molar-refractivity contribution >= 4 is 0 Å². The normalized spacial score (nSPS) is 13.4. The monoisotopic (exact) mass is 265 g/mol. The molecule has 1 aromatic rings. The standard InChI is InChI=1S/C16H27NO2/c1-7-19-15-9-11(2)13(8-12(15)3)14(18)10-17-16(4,5)6/h8-9,14,17-18H,7,10H2,1-6H3. The van der Waals surface area contributed by atoms with Gasteiger partial charge >= 0.3 is 0 Å². The average Bonchev–Trinajstić information content (AvgIpc) is 2.30. The second-order valence-electron chi connectivity index (χ2n) is 6.05. The Bertz CT molecular complexity index is 421. The summed E-state index contributed by atoms with van der Waals surface area (Å²) in [4.78, 5) is 0. The van der Waals surface area contributed by atoms with Crippen molar-refractivity contribution in [3.63, 3.8) is 0 Å². The zero-order chi connectivity index (χ0) is 14.6. The number of aryl methyl sites for hydroxylation is 2. The van der Waals surface area contributed by atoms with Gasteiger partial charge in [-0.25, -0.2) is 0 Å². The van der Waals surface area contributed by atoms with Crippen molar-refractivity contribution in [1.82, 2.24) is 5.32 Å². The largest absolute Gasteiger partial charge is 0.494 e. The van der Waals surface area contributed by atoms with Crippen LogP contribution in [-0.2, 0) is 0 Å². The van der Waals surface area contributed by atoms with Crippen molar-refractivity contribution < 1.29 is 9.84 Å². The number of β-amino-alcohol motifs (C(OH)–C–C–N with tert-alkyl or cyclic N) is 1. The fourth-order valence-electron chi connectivity index (χ4n) is 1.99. The van der Waals surface area contributed by atoms with Crippen molar-refractivity contribution in [2.24, 2.45) is 0 Å². The Morgan fingerprint density at radius 3 is 2.37 bits per heavy atom. The number of rotatable bonds is 5. The highest BCUT2D eigenvalue weighted by atomic mass is 16.5. The topological polar surface area (TPSA) is 41.5 Å². The molecule has 0 bridgehead atoms. The lowest BCUT2D eigenvalue weighted by molar-refractivity contribution is 0.162. The number of aliphatic hydroxyl groups excluding tert-OH is 1. The van der Waals surface area contributed by atoms with E-state index in [4.69, 9.17) is 4.74 Å². The smallest absolute Gasteiger partial charge is 0.122 e.